The number of phenolic OH excluding ortho intramolecular Hbond substituents is 9. The van der Waals surface area contributed by atoms with E-state index >= 15 is 0 Å². The van der Waals surface area contributed by atoms with Gasteiger partial charge < -0.3 is 46.0 Å². The Morgan fingerprint density at radius 2 is 0.778 bits per heavy atom. The highest BCUT2D eigenvalue weighted by Gasteiger charge is 2.13. The molecule has 4 aromatic carbocycles. The number of rotatable bonds is 4. The molecule has 9 N–H and O–H groups in total. The van der Waals surface area contributed by atoms with Gasteiger partial charge in [0.1, 0.15) is 62.9 Å². The van der Waals surface area contributed by atoms with E-state index in [1.54, 1.807) is 0 Å². The van der Waals surface area contributed by atoms with Crippen LogP contribution < -0.4 is 0 Å². The molecule has 0 fully saturated rings. The average molecular weight is 625 g/mol. The van der Waals surface area contributed by atoms with E-state index in [1.807, 2.05) is 0 Å². The van der Waals surface area contributed by atoms with Crippen molar-refractivity contribution in [3.05, 3.63) is 89.0 Å². The van der Waals surface area contributed by atoms with E-state index in [0.717, 1.165) is 18.2 Å². The molecule has 4 rings (SSSR count). The Morgan fingerprint density at radius 1 is 0.378 bits per heavy atom. The third-order valence-electron chi connectivity index (χ3n) is 5.53. The Kier molecular flexibility index (Phi) is 13.4. The molecule has 0 aliphatic carbocycles. The molecule has 0 aliphatic rings. The first-order valence-corrected chi connectivity index (χ1v) is 12.7. The van der Waals surface area contributed by atoms with E-state index < -0.39 is 17.3 Å². The zero-order valence-electron chi connectivity index (χ0n) is 24.5. The average Bonchev–Trinajstić information content (AvgIpc) is 2.89. The van der Waals surface area contributed by atoms with Gasteiger partial charge in [0.15, 0.2) is 23.1 Å². The Labute approximate surface area is 256 Å². The van der Waals surface area contributed by atoms with Gasteiger partial charge in [-0.3, -0.25) is 19.2 Å². The Bertz CT molecular complexity index is 1660. The first kappa shape index (κ1) is 36.8. The number of benzene rings is 4. The molecule has 13 nitrogen and oxygen atoms in total. The van der Waals surface area contributed by atoms with Crippen molar-refractivity contribution in [3.8, 4) is 51.7 Å². The molecular weight excluding hydrogens is 592 g/mol. The molecule has 0 unspecified atom stereocenters. The topological polar surface area (TPSA) is 250 Å². The molecule has 45 heavy (non-hydrogen) atoms. The van der Waals surface area contributed by atoms with Crippen molar-refractivity contribution in [1.82, 2.24) is 0 Å². The van der Waals surface area contributed by atoms with E-state index in [1.165, 1.54) is 76.2 Å². The number of ketones is 4. The van der Waals surface area contributed by atoms with E-state index in [-0.39, 0.29) is 79.9 Å². The van der Waals surface area contributed by atoms with Gasteiger partial charge in [-0.15, -0.1) is 0 Å². The summed E-state index contributed by atoms with van der Waals surface area (Å²) >= 11 is 0. The number of phenols is 9. The summed E-state index contributed by atoms with van der Waals surface area (Å²) in [6.07, 6.45) is 0. The molecule has 0 aromatic heterocycles. The molecule has 0 spiro atoms. The number of aromatic hydroxyl groups is 9. The zero-order valence-corrected chi connectivity index (χ0v) is 24.5. The van der Waals surface area contributed by atoms with Gasteiger partial charge in [0.05, 0.1) is 11.1 Å². The number of hydrogen-bond donors (Lipinski definition) is 9. The lowest BCUT2D eigenvalue weighted by Crippen LogP contribution is -1.92. The summed E-state index contributed by atoms with van der Waals surface area (Å²) in [7, 11) is 0. The van der Waals surface area contributed by atoms with Gasteiger partial charge in [-0.1, -0.05) is 6.07 Å². The summed E-state index contributed by atoms with van der Waals surface area (Å²) < 4.78 is 0. The van der Waals surface area contributed by atoms with Gasteiger partial charge in [-0.25, -0.2) is 0 Å². The SMILES string of the molecule is CC(=O)c1c(O)cc(O)cc1O.CC(=O)c1c(O)cccc1O.CC(=O)c1cc(O)ccc1O.CC(=O)c1ccc(O)cc1O. The molecule has 0 radical (unpaired) electrons. The van der Waals surface area contributed by atoms with Gasteiger partial charge in [0, 0.05) is 18.2 Å². The Hall–Kier alpha value is -6.24. The minimum Gasteiger partial charge on any atom is -0.508 e. The highest BCUT2D eigenvalue weighted by molar-refractivity contribution is 6.00. The van der Waals surface area contributed by atoms with Crippen LogP contribution >= 0.6 is 0 Å². The predicted molar refractivity (Wildman–Crippen MR) is 161 cm³/mol. The third kappa shape index (κ3) is 11.2. The molecule has 238 valence electrons. The number of hydrogen-bond acceptors (Lipinski definition) is 13. The van der Waals surface area contributed by atoms with Crippen LogP contribution in [-0.4, -0.2) is 69.1 Å². The minimum absolute atomic E-state index is 0.0204. The lowest BCUT2D eigenvalue weighted by molar-refractivity contribution is 0.0998. The second kappa shape index (κ2) is 16.4. The fourth-order valence-corrected chi connectivity index (χ4v) is 3.47. The maximum absolute atomic E-state index is 10.8. The van der Waals surface area contributed by atoms with Crippen molar-refractivity contribution < 1.29 is 65.1 Å². The third-order valence-corrected chi connectivity index (χ3v) is 5.53. The minimum atomic E-state index is -0.454. The fraction of sp³-hybridized carbons (Fsp3) is 0.125. The first-order valence-electron chi connectivity index (χ1n) is 12.7. The van der Waals surface area contributed by atoms with E-state index in [0.29, 0.717) is 0 Å². The quantitative estimate of drug-likeness (QED) is 0.108. The maximum atomic E-state index is 10.8. The van der Waals surface area contributed by atoms with Crippen molar-refractivity contribution >= 4 is 23.1 Å². The van der Waals surface area contributed by atoms with Gasteiger partial charge in [-0.2, -0.15) is 0 Å². The van der Waals surface area contributed by atoms with E-state index in [2.05, 4.69) is 0 Å². The summed E-state index contributed by atoms with van der Waals surface area (Å²) in [5.41, 5.74) is 0.174. The van der Waals surface area contributed by atoms with Gasteiger partial charge >= 0.3 is 0 Å². The van der Waals surface area contributed by atoms with Crippen molar-refractivity contribution in [2.75, 3.05) is 0 Å². The highest BCUT2D eigenvalue weighted by atomic mass is 16.3. The van der Waals surface area contributed by atoms with Crippen LogP contribution in [0.15, 0.2) is 66.7 Å². The van der Waals surface area contributed by atoms with Crippen molar-refractivity contribution in [3.63, 3.8) is 0 Å². The molecule has 0 atom stereocenters. The summed E-state index contributed by atoms with van der Waals surface area (Å²) in [5, 5.41) is 81.2. The lowest BCUT2D eigenvalue weighted by Gasteiger charge is -2.03. The van der Waals surface area contributed by atoms with E-state index in [4.69, 9.17) is 46.0 Å². The normalized spacial score (nSPS) is 9.60. The van der Waals surface area contributed by atoms with Crippen LogP contribution in [0.1, 0.15) is 69.1 Å². The molecule has 13 heteroatoms. The first-order chi connectivity index (χ1) is 20.9. The molecular formula is C32H32O13. The number of carbonyl (C=O) groups excluding carboxylic acids is 4. The zero-order chi connectivity index (χ0) is 34.6. The molecule has 4 aromatic rings. The van der Waals surface area contributed by atoms with Crippen LogP contribution in [0.25, 0.3) is 0 Å². The maximum Gasteiger partial charge on any atom is 0.167 e. The second-order valence-corrected chi connectivity index (χ2v) is 9.16. The summed E-state index contributed by atoms with van der Waals surface area (Å²) in [5.74, 6) is -3.12. The molecule has 0 heterocycles. The van der Waals surface area contributed by atoms with Crippen LogP contribution in [0.4, 0.5) is 0 Å². The fourth-order valence-electron chi connectivity index (χ4n) is 3.47. The van der Waals surface area contributed by atoms with Gasteiger partial charge in [-0.05, 0) is 70.2 Å². The smallest absolute Gasteiger partial charge is 0.167 e. The Balaban J connectivity index is 0.000000300. The highest BCUT2D eigenvalue weighted by Crippen LogP contribution is 2.32. The van der Waals surface area contributed by atoms with Gasteiger partial charge in [0.25, 0.3) is 0 Å². The predicted octanol–water partition coefficient (Wildman–Crippen LogP) is 4.91. The van der Waals surface area contributed by atoms with Crippen LogP contribution in [0.2, 0.25) is 0 Å². The molecule has 0 bridgehead atoms. The second-order valence-electron chi connectivity index (χ2n) is 9.16. The lowest BCUT2D eigenvalue weighted by atomic mass is 10.1. The molecule has 0 saturated carbocycles. The molecule has 0 amide bonds. The molecule has 0 aliphatic heterocycles. The van der Waals surface area contributed by atoms with Crippen molar-refractivity contribution in [1.29, 1.82) is 0 Å². The van der Waals surface area contributed by atoms with E-state index in [9.17, 15) is 19.2 Å². The summed E-state index contributed by atoms with van der Waals surface area (Å²) in [4.78, 5) is 43.0. The molecule has 0 saturated heterocycles. The van der Waals surface area contributed by atoms with Gasteiger partial charge in [0.2, 0.25) is 0 Å². The van der Waals surface area contributed by atoms with Crippen molar-refractivity contribution in [2.24, 2.45) is 0 Å². The van der Waals surface area contributed by atoms with Crippen LogP contribution in [0.5, 0.6) is 51.7 Å². The van der Waals surface area contributed by atoms with Crippen LogP contribution in [0.3, 0.4) is 0 Å². The number of carbonyl (C=O) groups is 4. The monoisotopic (exact) mass is 624 g/mol. The Morgan fingerprint density at radius 3 is 1.16 bits per heavy atom. The summed E-state index contributed by atoms with van der Waals surface area (Å²) in [6.45, 7) is 5.18. The van der Waals surface area contributed by atoms with Crippen LogP contribution in [-0.2, 0) is 0 Å². The van der Waals surface area contributed by atoms with Crippen LogP contribution in [0, 0.1) is 0 Å². The van der Waals surface area contributed by atoms with Crippen molar-refractivity contribution in [2.45, 2.75) is 27.7 Å². The summed E-state index contributed by atoms with van der Waals surface area (Å²) in [6, 6.07) is 13.9. The largest absolute Gasteiger partial charge is 0.508 e. The standard InChI is InChI=1S/C8H8O4.3C8H8O3/c1-4(9)8-6(11)2-5(10)3-7(8)12;1-5(9)7-4-6(10)2-3-8(7)11;1-5(9)7-3-2-6(10)4-8(7)11;1-5(9)8-6(10)3-2-4-7(8)11/h2-3,10-12H,1H3;3*2-4,10-11H,1H3. The number of Topliss-reactive ketones (excluding diaryl/α,β-unsaturated/α-hetero) is 4.